The number of aromatic nitrogens is 6. The number of benzene rings is 1. The maximum Gasteiger partial charge on any atom is 0.410 e. The molecule has 1 aromatic carbocycles. The van der Waals surface area contributed by atoms with E-state index in [1.807, 2.05) is 24.8 Å². The largest absolute Gasteiger partial charge is 0.447 e. The number of H-pyrrole nitrogens is 1. The summed E-state index contributed by atoms with van der Waals surface area (Å²) in [7, 11) is 0. The summed E-state index contributed by atoms with van der Waals surface area (Å²) in [6, 6.07) is 6.25. The van der Waals surface area contributed by atoms with E-state index in [4.69, 9.17) is 14.7 Å². The van der Waals surface area contributed by atoms with Crippen LogP contribution < -0.4 is 10.2 Å². The summed E-state index contributed by atoms with van der Waals surface area (Å²) in [4.78, 5) is 34.6. The van der Waals surface area contributed by atoms with Crippen LogP contribution in [0.3, 0.4) is 0 Å². The zero-order valence-electron chi connectivity index (χ0n) is 21.1. The summed E-state index contributed by atoms with van der Waals surface area (Å²) >= 11 is 3.57. The van der Waals surface area contributed by atoms with Crippen molar-refractivity contribution in [2.45, 2.75) is 52.3 Å². The minimum atomic E-state index is -0.232. The average molecular weight is 568 g/mol. The van der Waals surface area contributed by atoms with Crippen molar-refractivity contribution < 1.29 is 9.53 Å². The van der Waals surface area contributed by atoms with E-state index in [1.54, 1.807) is 10.7 Å². The second kappa shape index (κ2) is 9.47. The van der Waals surface area contributed by atoms with Crippen LogP contribution in [0.15, 0.2) is 28.9 Å². The van der Waals surface area contributed by atoms with Gasteiger partial charge in [0.15, 0.2) is 5.65 Å². The number of fused-ring (bicyclic) bond motifs is 3. The molecule has 0 spiro atoms. The van der Waals surface area contributed by atoms with Gasteiger partial charge in [-0.1, -0.05) is 6.07 Å². The van der Waals surface area contributed by atoms with Crippen LogP contribution in [0.4, 0.5) is 16.7 Å². The number of halogens is 1. The van der Waals surface area contributed by atoms with Gasteiger partial charge in [-0.15, -0.1) is 0 Å². The monoisotopic (exact) mass is 567 g/mol. The molecule has 6 rings (SSSR count). The van der Waals surface area contributed by atoms with Gasteiger partial charge in [0.25, 0.3) is 0 Å². The van der Waals surface area contributed by atoms with Crippen molar-refractivity contribution in [2.24, 2.45) is 5.92 Å². The van der Waals surface area contributed by atoms with Gasteiger partial charge in [0.1, 0.15) is 5.82 Å². The van der Waals surface area contributed by atoms with Crippen molar-refractivity contribution in [2.75, 3.05) is 29.9 Å². The van der Waals surface area contributed by atoms with Gasteiger partial charge in [0, 0.05) is 19.6 Å². The van der Waals surface area contributed by atoms with Crippen molar-refractivity contribution in [1.29, 1.82) is 0 Å². The zero-order chi connectivity index (χ0) is 25.7. The molecule has 2 fully saturated rings. The number of piperidine rings is 1. The highest BCUT2D eigenvalue weighted by Crippen LogP contribution is 2.34. The third-order valence-corrected chi connectivity index (χ3v) is 7.61. The fraction of sp³-hybridized carbons (Fsp3) is 0.480. The number of rotatable bonds is 5. The number of nitrogens with one attached hydrogen (secondary N) is 2. The first-order chi connectivity index (χ1) is 17.9. The number of hydrogen-bond donors (Lipinski definition) is 2. The maximum atomic E-state index is 12.8. The predicted molar refractivity (Wildman–Crippen MR) is 144 cm³/mol. The molecule has 0 radical (unpaired) electrons. The Labute approximate surface area is 222 Å². The lowest BCUT2D eigenvalue weighted by atomic mass is 9.92. The molecule has 2 aliphatic heterocycles. The van der Waals surface area contributed by atoms with Gasteiger partial charge >= 0.3 is 6.09 Å². The smallest absolute Gasteiger partial charge is 0.410 e. The number of anilines is 2. The Hall–Kier alpha value is -3.41. The first-order valence-electron chi connectivity index (χ1n) is 12.7. The quantitative estimate of drug-likeness (QED) is 0.369. The highest BCUT2D eigenvalue weighted by Gasteiger charge is 2.42. The van der Waals surface area contributed by atoms with Crippen LogP contribution >= 0.6 is 15.9 Å². The topological polar surface area (TPSA) is 117 Å². The van der Waals surface area contributed by atoms with Crippen LogP contribution in [-0.2, 0) is 11.3 Å². The molecular formula is C25H30BrN9O2. The van der Waals surface area contributed by atoms with Gasteiger partial charge < -0.3 is 24.8 Å². The molecule has 11 nitrogen and oxygen atoms in total. The molecule has 2 saturated heterocycles. The summed E-state index contributed by atoms with van der Waals surface area (Å²) in [5.74, 6) is 2.36. The molecule has 2 atom stereocenters. The van der Waals surface area contributed by atoms with E-state index >= 15 is 0 Å². The Morgan fingerprint density at radius 3 is 2.97 bits per heavy atom. The Morgan fingerprint density at radius 1 is 1.27 bits per heavy atom. The molecule has 2 N–H and O–H groups in total. The number of amides is 1. The summed E-state index contributed by atoms with van der Waals surface area (Å²) in [5, 5.41) is 7.84. The van der Waals surface area contributed by atoms with Crippen molar-refractivity contribution >= 4 is 50.6 Å². The Bertz CT molecular complexity index is 1470. The first-order valence-corrected chi connectivity index (χ1v) is 13.5. The summed E-state index contributed by atoms with van der Waals surface area (Å²) in [6.07, 6.45) is 3.39. The maximum absolute atomic E-state index is 12.8. The number of ether oxygens (including phenoxy) is 1. The summed E-state index contributed by atoms with van der Waals surface area (Å²) in [5.41, 5.74) is 3.80. The van der Waals surface area contributed by atoms with E-state index in [1.165, 1.54) is 5.56 Å². The third-order valence-electron chi connectivity index (χ3n) is 7.05. The van der Waals surface area contributed by atoms with Gasteiger partial charge in [-0.05, 0) is 73.2 Å². The lowest BCUT2D eigenvalue weighted by molar-refractivity contribution is 0.0474. The highest BCUT2D eigenvalue weighted by molar-refractivity contribution is 9.10. The fourth-order valence-corrected chi connectivity index (χ4v) is 5.71. The van der Waals surface area contributed by atoms with Gasteiger partial charge in [0.05, 0.1) is 40.4 Å². The molecular weight excluding hydrogens is 538 g/mol. The molecule has 2 aliphatic rings. The SMILES string of the molecule is Cc1ccc2nc(CNc3nc(N4C[C@@H]5CCCN(C(=O)OC(C)C)[C@@H]5C4)nc4c(Br)cnn34)[nH]c2c1. The number of likely N-dealkylation sites (tertiary alicyclic amines) is 1. The van der Waals surface area contributed by atoms with Crippen LogP contribution in [0.25, 0.3) is 16.7 Å². The number of aromatic amines is 1. The number of carbonyl (C=O) groups excluding carboxylic acids is 1. The van der Waals surface area contributed by atoms with Gasteiger partial charge in [0.2, 0.25) is 11.9 Å². The van der Waals surface area contributed by atoms with Crippen molar-refractivity contribution in [3.8, 4) is 0 Å². The van der Waals surface area contributed by atoms with E-state index in [0.29, 0.717) is 36.6 Å². The molecule has 0 bridgehead atoms. The van der Waals surface area contributed by atoms with Crippen LogP contribution in [0.2, 0.25) is 0 Å². The standard InChI is InChI=1S/C25H30BrN9O2/c1-14(2)37-25(36)34-8-4-5-16-12-33(13-20(16)34)24-31-22-17(26)10-28-35(22)23(32-24)27-11-21-29-18-7-6-15(3)9-19(18)30-21/h6-7,9-10,14,16,20H,4-5,8,11-13H2,1-3H3,(H,29,30)(H,27,31,32)/t16-,20+/m0/s1. The van der Waals surface area contributed by atoms with E-state index in [0.717, 1.165) is 47.3 Å². The lowest BCUT2D eigenvalue weighted by Crippen LogP contribution is -2.49. The Morgan fingerprint density at radius 2 is 2.14 bits per heavy atom. The summed E-state index contributed by atoms with van der Waals surface area (Å²) < 4.78 is 8.00. The van der Waals surface area contributed by atoms with E-state index < -0.39 is 0 Å². The van der Waals surface area contributed by atoms with Crippen LogP contribution in [-0.4, -0.2) is 72.3 Å². The van der Waals surface area contributed by atoms with E-state index in [2.05, 4.69) is 60.3 Å². The first kappa shape index (κ1) is 24.0. The van der Waals surface area contributed by atoms with Crippen LogP contribution in [0.1, 0.15) is 38.1 Å². The Balaban J connectivity index is 1.26. The predicted octanol–water partition coefficient (Wildman–Crippen LogP) is 4.13. The minimum Gasteiger partial charge on any atom is -0.447 e. The molecule has 3 aromatic heterocycles. The molecule has 0 unspecified atom stereocenters. The second-order valence-corrected chi connectivity index (χ2v) is 11.0. The van der Waals surface area contributed by atoms with Gasteiger partial charge in [-0.25, -0.2) is 9.78 Å². The third kappa shape index (κ3) is 4.58. The molecule has 5 heterocycles. The molecule has 1 amide bonds. The average Bonchev–Trinajstić information content (AvgIpc) is 3.58. The molecule has 0 saturated carbocycles. The van der Waals surface area contributed by atoms with Crippen molar-refractivity contribution in [3.63, 3.8) is 0 Å². The van der Waals surface area contributed by atoms with Gasteiger partial charge in [-0.2, -0.15) is 19.6 Å². The lowest BCUT2D eigenvalue weighted by Gasteiger charge is -2.36. The number of carbonyl (C=O) groups is 1. The molecule has 12 heteroatoms. The molecule has 0 aliphatic carbocycles. The van der Waals surface area contributed by atoms with Crippen LogP contribution in [0.5, 0.6) is 0 Å². The minimum absolute atomic E-state index is 0.0867. The molecule has 4 aromatic rings. The molecule has 194 valence electrons. The van der Waals surface area contributed by atoms with Gasteiger partial charge in [-0.3, -0.25) is 0 Å². The fourth-order valence-electron chi connectivity index (χ4n) is 5.36. The zero-order valence-corrected chi connectivity index (χ0v) is 22.7. The highest BCUT2D eigenvalue weighted by atomic mass is 79.9. The Kier molecular flexibility index (Phi) is 6.13. The van der Waals surface area contributed by atoms with E-state index in [-0.39, 0.29) is 18.2 Å². The van der Waals surface area contributed by atoms with Crippen molar-refractivity contribution in [1.82, 2.24) is 34.4 Å². The number of hydrogen-bond acceptors (Lipinski definition) is 8. The molecule has 37 heavy (non-hydrogen) atoms. The number of nitrogens with zero attached hydrogens (tertiary/aromatic N) is 7. The number of imidazole rings is 1. The summed E-state index contributed by atoms with van der Waals surface area (Å²) in [6.45, 7) is 8.47. The van der Waals surface area contributed by atoms with Crippen LogP contribution in [0, 0.1) is 12.8 Å². The number of aryl methyl sites for hydroxylation is 1. The van der Waals surface area contributed by atoms with Crippen molar-refractivity contribution in [3.05, 3.63) is 40.3 Å². The second-order valence-electron chi connectivity index (χ2n) is 10.1. The normalized spacial score (nSPS) is 19.7. The van der Waals surface area contributed by atoms with E-state index in [9.17, 15) is 4.79 Å².